The maximum Gasteiger partial charge on any atom is 0.355 e. The summed E-state index contributed by atoms with van der Waals surface area (Å²) in [5, 5.41) is 25.5. The lowest BCUT2D eigenvalue weighted by atomic mass is 9.77. The molecule has 0 radical (unpaired) electrons. The van der Waals surface area contributed by atoms with Crippen molar-refractivity contribution in [1.82, 2.24) is 35.4 Å². The molecule has 7 aromatic carbocycles. The number of aromatic nitrogens is 5. The number of β-lactam (4-membered cyclic amide) rings is 1. The van der Waals surface area contributed by atoms with Crippen molar-refractivity contribution in [3.05, 3.63) is 286 Å². The van der Waals surface area contributed by atoms with Crippen LogP contribution in [-0.4, -0.2) is 77.9 Å². The second-order valence-electron chi connectivity index (χ2n) is 18.8. The molecule has 0 saturated carbocycles. The summed E-state index contributed by atoms with van der Waals surface area (Å²) < 4.78 is 11.2. The molecule has 1 fully saturated rings. The van der Waals surface area contributed by atoms with Gasteiger partial charge in [-0.3, -0.25) is 14.5 Å². The number of benzene rings is 7. The molecule has 2 aliphatic heterocycles. The van der Waals surface area contributed by atoms with Crippen LogP contribution in [0, 0.1) is 6.92 Å². The highest BCUT2D eigenvalue weighted by Crippen LogP contribution is 2.44. The Balaban J connectivity index is 0.973. The summed E-state index contributed by atoms with van der Waals surface area (Å²) in [6.45, 7) is 1.95. The largest absolute Gasteiger partial charge is 0.497 e. The van der Waals surface area contributed by atoms with Crippen molar-refractivity contribution in [2.75, 3.05) is 18.2 Å². The van der Waals surface area contributed by atoms with Crippen LogP contribution >= 0.6 is 23.1 Å². The summed E-state index contributed by atoms with van der Waals surface area (Å²) in [7, 11) is 1.58. The van der Waals surface area contributed by atoms with Crippen LogP contribution < -0.4 is 15.4 Å². The van der Waals surface area contributed by atoms with Gasteiger partial charge in [0.25, 0.3) is 11.8 Å². The number of thiazole rings is 1. The Bertz CT molecular complexity index is 3500. The highest BCUT2D eigenvalue weighted by Gasteiger charge is 2.55. The first-order chi connectivity index (χ1) is 39.2. The SMILES string of the molecule is COc1ccc(COC(=O)C2=C(/C=C/Cn3nnc(C)n3)CS[C@@H]3C(NC(=O)C(=NOC(c4ccccc4)(c4ccccc4)c4ccccc4)c4csc(NC(c5ccccc5)(c5ccccc5)c5ccccc5)n4)C(=O)N23)cc1. The predicted octanol–water partition coefficient (Wildman–Crippen LogP) is 10.2. The molecule has 1 unspecified atom stereocenters. The zero-order chi connectivity index (χ0) is 54.9. The molecule has 17 heteroatoms. The standard InChI is InChI=1S/C63H53N9O6S2/c1-43-67-70-71(68-43)39-21-22-45-41-79-59-55(58(74)72(59)56(45)60(75)77-40-44-35-37-52(76-2)38-36-44)65-57(73)54(69-78-63(49-29-15-6-16-30-49,50-31-17-7-18-32-50)51-33-19-8-20-34-51)53-42-80-61(64-53)66-62(46-23-9-3-10-24-46,47-25-11-4-12-26-47)48-27-13-5-14-28-48/h3-38,42,55,59H,39-41H2,1-2H3,(H,64,66)(H,65,73)/b22-21+,69-54?/t55?,59-/m1/s1. The number of fused-ring (bicyclic) bond motifs is 1. The van der Waals surface area contributed by atoms with Gasteiger partial charge in [-0.15, -0.1) is 33.3 Å². The summed E-state index contributed by atoms with van der Waals surface area (Å²) >= 11 is 2.70. The number of carbonyl (C=O) groups is 3. The van der Waals surface area contributed by atoms with Crippen LogP contribution in [0.25, 0.3) is 0 Å². The van der Waals surface area contributed by atoms with Gasteiger partial charge in [-0.25, -0.2) is 9.78 Å². The highest BCUT2D eigenvalue weighted by molar-refractivity contribution is 8.00. The lowest BCUT2D eigenvalue weighted by Gasteiger charge is -2.49. The lowest BCUT2D eigenvalue weighted by molar-refractivity contribution is -0.153. The minimum atomic E-state index is -1.38. The number of methoxy groups -OCH3 is 1. The molecule has 2 aromatic heterocycles. The first-order valence-corrected chi connectivity index (χ1v) is 27.7. The first kappa shape index (κ1) is 52.6. The summed E-state index contributed by atoms with van der Waals surface area (Å²) in [5.74, 6) is -0.464. The molecule has 0 bridgehead atoms. The van der Waals surface area contributed by atoms with Crippen molar-refractivity contribution in [3.63, 3.8) is 0 Å². The number of rotatable bonds is 20. The monoisotopic (exact) mass is 1100 g/mol. The van der Waals surface area contributed by atoms with E-state index in [2.05, 4.69) is 62.4 Å². The number of allylic oxidation sites excluding steroid dienone is 2. The number of hydrogen-bond acceptors (Lipinski definition) is 14. The topological polar surface area (TPSA) is 175 Å². The van der Waals surface area contributed by atoms with Crippen LogP contribution in [0.2, 0.25) is 0 Å². The molecule has 15 nitrogen and oxygen atoms in total. The molecular formula is C63H53N9O6S2. The minimum absolute atomic E-state index is 0.0601. The van der Waals surface area contributed by atoms with Crippen molar-refractivity contribution in [2.45, 2.75) is 42.6 Å². The molecule has 398 valence electrons. The van der Waals surface area contributed by atoms with Crippen molar-refractivity contribution < 1.29 is 28.7 Å². The number of aryl methyl sites for hydroxylation is 1. The van der Waals surface area contributed by atoms with Crippen LogP contribution in [0.4, 0.5) is 5.13 Å². The molecule has 0 spiro atoms. The van der Waals surface area contributed by atoms with E-state index in [-0.39, 0.29) is 30.3 Å². The number of nitrogens with one attached hydrogen (secondary N) is 2. The Morgan fingerprint density at radius 1 is 0.725 bits per heavy atom. The average molecular weight is 1100 g/mol. The fourth-order valence-corrected chi connectivity index (χ4v) is 12.0. The second-order valence-corrected chi connectivity index (χ2v) is 20.7. The first-order valence-electron chi connectivity index (χ1n) is 25.8. The van der Waals surface area contributed by atoms with Crippen LogP contribution in [0.15, 0.2) is 240 Å². The van der Waals surface area contributed by atoms with E-state index in [1.54, 1.807) is 55.8 Å². The van der Waals surface area contributed by atoms with Gasteiger partial charge in [0, 0.05) is 27.8 Å². The number of nitrogens with zero attached hydrogens (tertiary/aromatic N) is 7. The smallest absolute Gasteiger partial charge is 0.355 e. The Kier molecular flexibility index (Phi) is 15.6. The van der Waals surface area contributed by atoms with E-state index in [1.807, 2.05) is 146 Å². The van der Waals surface area contributed by atoms with Gasteiger partial charge in [0.1, 0.15) is 40.7 Å². The Labute approximate surface area is 470 Å². The van der Waals surface area contributed by atoms with Gasteiger partial charge in [0.05, 0.1) is 13.7 Å². The highest BCUT2D eigenvalue weighted by atomic mass is 32.2. The second kappa shape index (κ2) is 23.7. The average Bonchev–Trinajstić information content (AvgIpc) is 4.25. The van der Waals surface area contributed by atoms with Crippen LogP contribution in [0.5, 0.6) is 5.75 Å². The van der Waals surface area contributed by atoms with Crippen molar-refractivity contribution >= 4 is 51.7 Å². The van der Waals surface area contributed by atoms with E-state index in [1.165, 1.54) is 32.8 Å². The number of esters is 1. The molecule has 0 aliphatic carbocycles. The van der Waals surface area contributed by atoms with E-state index in [9.17, 15) is 9.59 Å². The number of tetrazole rings is 1. The molecule has 11 rings (SSSR count). The number of carbonyl (C=O) groups excluding carboxylic acids is 3. The number of oxime groups is 1. The summed E-state index contributed by atoms with van der Waals surface area (Å²) in [5.41, 5.74) is 4.15. The molecule has 4 heterocycles. The van der Waals surface area contributed by atoms with Crippen LogP contribution in [0.3, 0.4) is 0 Å². The van der Waals surface area contributed by atoms with Crippen molar-refractivity contribution in [1.29, 1.82) is 0 Å². The Hall–Kier alpha value is -9.45. The third-order valence-electron chi connectivity index (χ3n) is 13.8. The van der Waals surface area contributed by atoms with Gasteiger partial charge in [0.2, 0.25) is 5.60 Å². The van der Waals surface area contributed by atoms with Gasteiger partial charge in [-0.1, -0.05) is 211 Å². The fraction of sp³-hybridized carbons (Fsp3) is 0.143. The van der Waals surface area contributed by atoms with Crippen LogP contribution in [0.1, 0.15) is 50.5 Å². The number of ether oxygens (including phenoxy) is 2. The van der Waals surface area contributed by atoms with E-state index in [0.717, 1.165) is 38.9 Å². The molecule has 2 atom stereocenters. The quantitative estimate of drug-likeness (QED) is 0.0243. The van der Waals surface area contributed by atoms with Gasteiger partial charge in [-0.05, 0) is 52.1 Å². The van der Waals surface area contributed by atoms with Gasteiger partial charge >= 0.3 is 5.97 Å². The van der Waals surface area contributed by atoms with E-state index < -0.39 is 40.3 Å². The van der Waals surface area contributed by atoms with E-state index in [0.29, 0.717) is 28.0 Å². The Morgan fingerprint density at radius 2 is 1.25 bits per heavy atom. The number of hydrogen-bond donors (Lipinski definition) is 2. The summed E-state index contributed by atoms with van der Waals surface area (Å²) in [6.07, 6.45) is 3.56. The molecule has 1 saturated heterocycles. The van der Waals surface area contributed by atoms with Gasteiger partial charge in [0.15, 0.2) is 16.7 Å². The molecule has 2 aliphatic rings. The summed E-state index contributed by atoms with van der Waals surface area (Å²) in [4.78, 5) is 59.4. The minimum Gasteiger partial charge on any atom is -0.497 e. The van der Waals surface area contributed by atoms with Crippen molar-refractivity contribution in [2.24, 2.45) is 5.16 Å². The molecule has 2 N–H and O–H groups in total. The molecular weight excluding hydrogens is 1040 g/mol. The van der Waals surface area contributed by atoms with Gasteiger partial charge in [-0.2, -0.15) is 4.80 Å². The predicted molar refractivity (Wildman–Crippen MR) is 308 cm³/mol. The number of thioether (sulfide) groups is 1. The third-order valence-corrected chi connectivity index (χ3v) is 15.9. The third kappa shape index (κ3) is 10.6. The zero-order valence-corrected chi connectivity index (χ0v) is 45.2. The summed E-state index contributed by atoms with van der Waals surface area (Å²) in [6, 6.07) is 65.6. The van der Waals surface area contributed by atoms with Crippen LogP contribution in [-0.2, 0) is 48.2 Å². The molecule has 2 amide bonds. The molecule has 9 aromatic rings. The number of amides is 2. The maximum absolute atomic E-state index is 15.4. The van der Waals surface area contributed by atoms with Gasteiger partial charge < -0.3 is 24.9 Å². The fourth-order valence-electron chi connectivity index (χ4n) is 9.98. The van der Waals surface area contributed by atoms with E-state index in [4.69, 9.17) is 24.5 Å². The molecule has 80 heavy (non-hydrogen) atoms. The van der Waals surface area contributed by atoms with Crippen molar-refractivity contribution in [3.8, 4) is 5.75 Å². The normalized spacial score (nSPS) is 15.4. The Morgan fingerprint density at radius 3 is 1.75 bits per heavy atom. The number of anilines is 1. The maximum atomic E-state index is 15.4. The lowest BCUT2D eigenvalue weighted by Crippen LogP contribution is -2.71. The zero-order valence-electron chi connectivity index (χ0n) is 43.5. The van der Waals surface area contributed by atoms with E-state index >= 15 is 4.79 Å².